The van der Waals surface area contributed by atoms with Crippen LogP contribution in [0.2, 0.25) is 5.02 Å². The SMILES string of the molecule is Clc1ccc(-c2ccc3ncc(-c4nc(-c5cccnc5)no4)n3c2)cc1. The number of hydrogen-bond donors (Lipinski definition) is 0. The fraction of sp³-hybridized carbons (Fsp3) is 0. The van der Waals surface area contributed by atoms with Crippen LogP contribution >= 0.6 is 11.6 Å². The van der Waals surface area contributed by atoms with Crippen LogP contribution in [-0.2, 0) is 0 Å². The molecular formula is C20H12ClN5O. The van der Waals surface area contributed by atoms with Gasteiger partial charge in [0.05, 0.1) is 6.20 Å². The number of imidazole rings is 1. The lowest BCUT2D eigenvalue weighted by molar-refractivity contribution is 0.430. The third-order valence-corrected chi connectivity index (χ3v) is 4.50. The number of fused-ring (bicyclic) bond motifs is 1. The van der Waals surface area contributed by atoms with Crippen LogP contribution in [0, 0.1) is 0 Å². The van der Waals surface area contributed by atoms with Crippen LogP contribution in [0.25, 0.3) is 39.7 Å². The van der Waals surface area contributed by atoms with Crippen LogP contribution < -0.4 is 0 Å². The summed E-state index contributed by atoms with van der Waals surface area (Å²) in [4.78, 5) is 13.0. The molecule has 0 N–H and O–H groups in total. The average Bonchev–Trinajstić information content (AvgIpc) is 3.36. The molecule has 0 unspecified atom stereocenters. The van der Waals surface area contributed by atoms with Gasteiger partial charge < -0.3 is 4.52 Å². The lowest BCUT2D eigenvalue weighted by Gasteiger charge is -2.04. The second kappa shape index (κ2) is 6.34. The zero-order valence-corrected chi connectivity index (χ0v) is 14.7. The summed E-state index contributed by atoms with van der Waals surface area (Å²) in [6, 6.07) is 15.4. The normalized spacial score (nSPS) is 11.1. The lowest BCUT2D eigenvalue weighted by atomic mass is 10.1. The van der Waals surface area contributed by atoms with Crippen LogP contribution in [0.15, 0.2) is 77.8 Å². The maximum absolute atomic E-state index is 5.99. The highest BCUT2D eigenvalue weighted by Gasteiger charge is 2.15. The number of aromatic nitrogens is 5. The first-order chi connectivity index (χ1) is 13.3. The molecule has 7 heteroatoms. The topological polar surface area (TPSA) is 69.1 Å². The summed E-state index contributed by atoms with van der Waals surface area (Å²) in [6.45, 7) is 0. The van der Waals surface area contributed by atoms with Crippen molar-refractivity contribution in [3.05, 3.63) is 78.3 Å². The predicted octanol–water partition coefficient (Wildman–Crippen LogP) is 4.77. The molecule has 0 radical (unpaired) electrons. The van der Waals surface area contributed by atoms with E-state index >= 15 is 0 Å². The van der Waals surface area contributed by atoms with Gasteiger partial charge in [-0.15, -0.1) is 0 Å². The summed E-state index contributed by atoms with van der Waals surface area (Å²) >= 11 is 5.99. The van der Waals surface area contributed by atoms with E-state index in [1.807, 2.05) is 59.1 Å². The van der Waals surface area contributed by atoms with Crippen molar-refractivity contribution in [2.75, 3.05) is 0 Å². The van der Waals surface area contributed by atoms with Gasteiger partial charge in [-0.3, -0.25) is 9.38 Å². The van der Waals surface area contributed by atoms with E-state index in [0.717, 1.165) is 28.0 Å². The van der Waals surface area contributed by atoms with Gasteiger partial charge in [0.1, 0.15) is 11.3 Å². The van der Waals surface area contributed by atoms with Gasteiger partial charge in [-0.05, 0) is 47.5 Å². The van der Waals surface area contributed by atoms with Crippen LogP contribution in [0.5, 0.6) is 0 Å². The molecule has 0 saturated heterocycles. The Balaban J connectivity index is 1.59. The molecule has 4 heterocycles. The van der Waals surface area contributed by atoms with Gasteiger partial charge in [0, 0.05) is 29.2 Å². The van der Waals surface area contributed by atoms with Crippen molar-refractivity contribution < 1.29 is 4.52 Å². The van der Waals surface area contributed by atoms with Crippen molar-refractivity contribution in [3.63, 3.8) is 0 Å². The highest BCUT2D eigenvalue weighted by Crippen LogP contribution is 2.26. The van der Waals surface area contributed by atoms with Gasteiger partial charge >= 0.3 is 0 Å². The Hall–Kier alpha value is -3.51. The molecule has 4 aromatic heterocycles. The van der Waals surface area contributed by atoms with Gasteiger partial charge in [0.2, 0.25) is 5.82 Å². The van der Waals surface area contributed by atoms with Crippen LogP contribution in [-0.4, -0.2) is 24.5 Å². The molecule has 0 fully saturated rings. The molecule has 130 valence electrons. The lowest BCUT2D eigenvalue weighted by Crippen LogP contribution is -1.90. The van der Waals surface area contributed by atoms with Gasteiger partial charge in [-0.2, -0.15) is 4.98 Å². The van der Waals surface area contributed by atoms with Gasteiger partial charge in [0.25, 0.3) is 5.89 Å². The zero-order valence-electron chi connectivity index (χ0n) is 14.0. The van der Waals surface area contributed by atoms with E-state index in [1.165, 1.54) is 0 Å². The average molecular weight is 374 g/mol. The highest BCUT2D eigenvalue weighted by atomic mass is 35.5. The van der Waals surface area contributed by atoms with Gasteiger partial charge in [0.15, 0.2) is 0 Å². The second-order valence-corrected chi connectivity index (χ2v) is 6.40. The predicted molar refractivity (Wildman–Crippen MR) is 102 cm³/mol. The van der Waals surface area contributed by atoms with Crippen molar-refractivity contribution >= 4 is 17.2 Å². The first-order valence-electron chi connectivity index (χ1n) is 8.25. The molecule has 6 nitrogen and oxygen atoms in total. The number of rotatable bonds is 3. The van der Waals surface area contributed by atoms with E-state index in [1.54, 1.807) is 18.6 Å². The maximum Gasteiger partial charge on any atom is 0.276 e. The fourth-order valence-electron chi connectivity index (χ4n) is 2.89. The Labute approximate surface area is 159 Å². The van der Waals surface area contributed by atoms with E-state index in [9.17, 15) is 0 Å². The second-order valence-electron chi connectivity index (χ2n) is 5.96. The summed E-state index contributed by atoms with van der Waals surface area (Å²) < 4.78 is 7.40. The Morgan fingerprint density at radius 3 is 2.56 bits per heavy atom. The summed E-state index contributed by atoms with van der Waals surface area (Å²) in [5.74, 6) is 0.886. The molecule has 0 aliphatic rings. The van der Waals surface area contributed by atoms with Crippen molar-refractivity contribution in [1.29, 1.82) is 0 Å². The van der Waals surface area contributed by atoms with E-state index < -0.39 is 0 Å². The quantitative estimate of drug-likeness (QED) is 0.455. The molecule has 0 atom stereocenters. The molecule has 0 bridgehead atoms. The van der Waals surface area contributed by atoms with E-state index in [2.05, 4.69) is 20.1 Å². The summed E-state index contributed by atoms with van der Waals surface area (Å²) in [5.41, 5.74) is 4.41. The molecule has 5 aromatic rings. The van der Waals surface area contributed by atoms with Crippen molar-refractivity contribution in [2.45, 2.75) is 0 Å². The molecule has 0 spiro atoms. The first kappa shape index (κ1) is 15.7. The minimum Gasteiger partial charge on any atom is -0.332 e. The fourth-order valence-corrected chi connectivity index (χ4v) is 3.02. The Morgan fingerprint density at radius 1 is 0.889 bits per heavy atom. The standard InChI is InChI=1S/C20H12ClN5O/c21-16-6-3-13(4-7-16)15-5-8-18-23-11-17(26(18)12-15)20-24-19(25-27-20)14-2-1-9-22-10-14/h1-12H. The molecule has 1 aromatic carbocycles. The van der Waals surface area contributed by atoms with Crippen molar-refractivity contribution in [1.82, 2.24) is 24.5 Å². The molecule has 0 saturated carbocycles. The minimum absolute atomic E-state index is 0.398. The number of pyridine rings is 2. The van der Waals surface area contributed by atoms with E-state index in [0.29, 0.717) is 16.7 Å². The number of benzene rings is 1. The summed E-state index contributed by atoms with van der Waals surface area (Å²) in [5, 5.41) is 4.76. The third kappa shape index (κ3) is 2.86. The summed E-state index contributed by atoms with van der Waals surface area (Å²) in [6.07, 6.45) is 7.12. The monoisotopic (exact) mass is 373 g/mol. The number of nitrogens with zero attached hydrogens (tertiary/aromatic N) is 5. The van der Waals surface area contributed by atoms with Gasteiger partial charge in [-0.1, -0.05) is 28.9 Å². The molecule has 0 aliphatic carbocycles. The maximum atomic E-state index is 5.99. The number of halogens is 1. The Bertz CT molecular complexity index is 1230. The third-order valence-electron chi connectivity index (χ3n) is 4.25. The molecule has 27 heavy (non-hydrogen) atoms. The molecule has 0 amide bonds. The molecule has 5 rings (SSSR count). The Kier molecular flexibility index (Phi) is 3.69. The summed E-state index contributed by atoms with van der Waals surface area (Å²) in [7, 11) is 0. The Morgan fingerprint density at radius 2 is 1.74 bits per heavy atom. The highest BCUT2D eigenvalue weighted by molar-refractivity contribution is 6.30. The molecular weight excluding hydrogens is 362 g/mol. The zero-order chi connectivity index (χ0) is 18.2. The van der Waals surface area contributed by atoms with Crippen molar-refractivity contribution in [3.8, 4) is 34.1 Å². The smallest absolute Gasteiger partial charge is 0.276 e. The van der Waals surface area contributed by atoms with Crippen molar-refractivity contribution in [2.24, 2.45) is 0 Å². The molecule has 0 aliphatic heterocycles. The van der Waals surface area contributed by atoms with Gasteiger partial charge in [-0.25, -0.2) is 4.98 Å². The number of hydrogen-bond acceptors (Lipinski definition) is 5. The van der Waals surface area contributed by atoms with E-state index in [4.69, 9.17) is 16.1 Å². The van der Waals surface area contributed by atoms with Crippen LogP contribution in [0.3, 0.4) is 0 Å². The van der Waals surface area contributed by atoms with Crippen LogP contribution in [0.1, 0.15) is 0 Å². The minimum atomic E-state index is 0.398. The largest absolute Gasteiger partial charge is 0.332 e. The van der Waals surface area contributed by atoms with E-state index in [-0.39, 0.29) is 0 Å². The first-order valence-corrected chi connectivity index (χ1v) is 8.63. The van der Waals surface area contributed by atoms with Crippen LogP contribution in [0.4, 0.5) is 0 Å².